The molecule has 0 fully saturated rings. The predicted molar refractivity (Wildman–Crippen MR) is 217 cm³/mol. The fourth-order valence-electron chi connectivity index (χ4n) is 7.56. The Labute approximate surface area is 300 Å². The molecule has 7 aromatic carbocycles. The number of nitrogens with zero attached hydrogens (tertiary/aromatic N) is 2. The summed E-state index contributed by atoms with van der Waals surface area (Å²) in [6.07, 6.45) is 0. The van der Waals surface area contributed by atoms with Crippen LogP contribution in [0.5, 0.6) is 0 Å². The summed E-state index contributed by atoms with van der Waals surface area (Å²) in [6.45, 7) is 4.84. The summed E-state index contributed by atoms with van der Waals surface area (Å²) in [5.74, 6) is 0.776. The molecule has 2 heterocycles. The number of fused-ring (bicyclic) bond motifs is 3. The van der Waals surface area contributed by atoms with Gasteiger partial charge in [-0.1, -0.05) is 177 Å². The maximum Gasteiger partial charge on any atom is 0.159 e. The van der Waals surface area contributed by atoms with Crippen molar-refractivity contribution >= 4 is 18.6 Å². The zero-order chi connectivity index (χ0) is 34.4. The molecule has 0 saturated carbocycles. The smallest absolute Gasteiger partial charge is 0.159 e. The van der Waals surface area contributed by atoms with Gasteiger partial charge in [-0.3, -0.25) is 0 Å². The van der Waals surface area contributed by atoms with Crippen LogP contribution in [0.2, 0.25) is 13.1 Å². The molecule has 0 bridgehead atoms. The average Bonchev–Trinajstić information content (AvgIpc) is 3.44. The predicted octanol–water partition coefficient (Wildman–Crippen LogP) is 11.3. The van der Waals surface area contributed by atoms with E-state index >= 15 is 0 Å². The Bertz CT molecular complexity index is 2540. The van der Waals surface area contributed by atoms with Gasteiger partial charge < -0.3 is 0 Å². The number of rotatable bonds is 6. The number of hydrogen-bond acceptors (Lipinski definition) is 2. The molecule has 0 spiro atoms. The summed E-state index contributed by atoms with van der Waals surface area (Å²) in [7, 11) is -2.08. The molecule has 0 radical (unpaired) electrons. The van der Waals surface area contributed by atoms with Crippen LogP contribution in [0.1, 0.15) is 0 Å². The first-order valence-electron chi connectivity index (χ1n) is 17.6. The molecule has 1 aliphatic rings. The summed E-state index contributed by atoms with van der Waals surface area (Å²) in [6, 6.07) is 65.2. The Balaban J connectivity index is 1.13. The molecule has 3 heteroatoms. The van der Waals surface area contributed by atoms with Gasteiger partial charge in [0.1, 0.15) is 8.07 Å². The van der Waals surface area contributed by atoms with Gasteiger partial charge in [-0.15, -0.1) is 0 Å². The minimum atomic E-state index is -2.08. The summed E-state index contributed by atoms with van der Waals surface area (Å²) in [4.78, 5) is 10.8. The van der Waals surface area contributed by atoms with Gasteiger partial charge in [0.05, 0.1) is 5.69 Å². The van der Waals surface area contributed by atoms with Crippen molar-refractivity contribution < 1.29 is 0 Å². The normalized spacial score (nSPS) is 12.7. The fraction of sp³-hybridized carbons (Fsp3) is 0.0417. The monoisotopic (exact) mass is 668 g/mol. The molecule has 0 atom stereocenters. The fourth-order valence-corrected chi connectivity index (χ4v) is 10.5. The third kappa shape index (κ3) is 5.62. The Morgan fingerprint density at radius 1 is 0.353 bits per heavy atom. The highest BCUT2D eigenvalue weighted by Gasteiger charge is 2.41. The lowest BCUT2D eigenvalue weighted by atomic mass is 9.95. The van der Waals surface area contributed by atoms with E-state index in [0.29, 0.717) is 0 Å². The zero-order valence-corrected chi connectivity index (χ0v) is 29.7. The molecule has 0 aliphatic carbocycles. The molecule has 1 aromatic heterocycles. The standard InChI is InChI=1S/C48H36N2Si/c1-51(2)44-25-10-9-24-43(44)45-46(36-28-26-35(27-29-36)33-14-5-3-6-15-33)49-47(50-48(45)51)42-23-13-22-41(32-42)40-21-12-20-39(31-40)38-19-11-18-37(30-38)34-16-7-4-8-17-34/h3-32H,1-2H3. The summed E-state index contributed by atoms with van der Waals surface area (Å²) < 4.78 is 0. The van der Waals surface area contributed by atoms with Crippen molar-refractivity contribution in [2.24, 2.45) is 0 Å². The van der Waals surface area contributed by atoms with Crippen LogP contribution in [0.3, 0.4) is 0 Å². The molecule has 0 amide bonds. The van der Waals surface area contributed by atoms with E-state index in [1.165, 1.54) is 60.6 Å². The van der Waals surface area contributed by atoms with Crippen LogP contribution < -0.4 is 10.5 Å². The van der Waals surface area contributed by atoms with Gasteiger partial charge in [-0.25, -0.2) is 9.97 Å². The van der Waals surface area contributed by atoms with Crippen LogP contribution in [0.15, 0.2) is 182 Å². The number of hydrogen-bond donors (Lipinski definition) is 0. The lowest BCUT2D eigenvalue weighted by molar-refractivity contribution is 1.21. The van der Waals surface area contributed by atoms with Crippen molar-refractivity contribution in [1.82, 2.24) is 9.97 Å². The van der Waals surface area contributed by atoms with Crippen LogP contribution in [-0.2, 0) is 0 Å². The highest BCUT2D eigenvalue weighted by Crippen LogP contribution is 2.38. The molecule has 2 nitrogen and oxygen atoms in total. The van der Waals surface area contributed by atoms with Crippen molar-refractivity contribution in [3.05, 3.63) is 182 Å². The largest absolute Gasteiger partial charge is 0.237 e. The van der Waals surface area contributed by atoms with Crippen LogP contribution in [-0.4, -0.2) is 18.0 Å². The second-order valence-electron chi connectivity index (χ2n) is 13.8. The molecule has 0 unspecified atom stereocenters. The molecule has 242 valence electrons. The van der Waals surface area contributed by atoms with Gasteiger partial charge in [0.25, 0.3) is 0 Å². The second-order valence-corrected chi connectivity index (χ2v) is 18.1. The Kier molecular flexibility index (Phi) is 7.64. The molecular weight excluding hydrogens is 633 g/mol. The van der Waals surface area contributed by atoms with E-state index in [0.717, 1.165) is 28.2 Å². The third-order valence-corrected chi connectivity index (χ3v) is 13.6. The number of benzene rings is 7. The van der Waals surface area contributed by atoms with Crippen molar-refractivity contribution in [3.63, 3.8) is 0 Å². The highest BCUT2D eigenvalue weighted by atomic mass is 28.3. The minimum Gasteiger partial charge on any atom is -0.237 e. The maximum atomic E-state index is 5.43. The summed E-state index contributed by atoms with van der Waals surface area (Å²) >= 11 is 0. The first-order valence-corrected chi connectivity index (χ1v) is 20.6. The van der Waals surface area contributed by atoms with Gasteiger partial charge in [-0.2, -0.15) is 0 Å². The number of aromatic nitrogens is 2. The van der Waals surface area contributed by atoms with Crippen molar-refractivity contribution in [2.75, 3.05) is 0 Å². The molecule has 1 aliphatic heterocycles. The first-order chi connectivity index (χ1) is 25.0. The quantitative estimate of drug-likeness (QED) is 0.165. The van der Waals surface area contributed by atoms with Crippen LogP contribution >= 0.6 is 0 Å². The molecule has 0 N–H and O–H groups in total. The van der Waals surface area contributed by atoms with Gasteiger partial charge in [0.15, 0.2) is 5.82 Å². The van der Waals surface area contributed by atoms with Gasteiger partial charge in [0.2, 0.25) is 0 Å². The second kappa shape index (κ2) is 12.6. The van der Waals surface area contributed by atoms with Crippen LogP contribution in [0.4, 0.5) is 0 Å². The highest BCUT2D eigenvalue weighted by molar-refractivity contribution is 7.03. The topological polar surface area (TPSA) is 25.8 Å². The van der Waals surface area contributed by atoms with Crippen molar-refractivity contribution in [1.29, 1.82) is 0 Å². The molecule has 0 saturated heterocycles. The average molecular weight is 669 g/mol. The van der Waals surface area contributed by atoms with E-state index in [1.54, 1.807) is 0 Å². The zero-order valence-electron chi connectivity index (χ0n) is 28.7. The van der Waals surface area contributed by atoms with E-state index in [9.17, 15) is 0 Å². The lowest BCUT2D eigenvalue weighted by Gasteiger charge is -2.19. The minimum absolute atomic E-state index is 0.776. The molecule has 8 aromatic rings. The summed E-state index contributed by atoms with van der Waals surface area (Å²) in [5.41, 5.74) is 15.2. The van der Waals surface area contributed by atoms with E-state index in [4.69, 9.17) is 9.97 Å². The van der Waals surface area contributed by atoms with Crippen LogP contribution in [0.25, 0.3) is 78.3 Å². The maximum absolute atomic E-state index is 5.43. The summed E-state index contributed by atoms with van der Waals surface area (Å²) in [5, 5.41) is 2.64. The third-order valence-electron chi connectivity index (χ3n) is 10.3. The molecule has 9 rings (SSSR count). The Hall–Kier alpha value is -6.16. The van der Waals surface area contributed by atoms with E-state index in [2.05, 4.69) is 195 Å². The van der Waals surface area contributed by atoms with Crippen LogP contribution in [0, 0.1) is 0 Å². The SMILES string of the molecule is C[Si]1(C)c2ccccc2-c2c(-c3ccc(-c4ccccc4)cc3)nc(-c3cccc(-c4cccc(-c5cccc(-c6ccccc6)c5)c4)c3)nc21. The van der Waals surface area contributed by atoms with E-state index in [-0.39, 0.29) is 0 Å². The van der Waals surface area contributed by atoms with E-state index in [1.807, 2.05) is 0 Å². The molecule has 51 heavy (non-hydrogen) atoms. The van der Waals surface area contributed by atoms with Gasteiger partial charge in [0, 0.05) is 22.0 Å². The first kappa shape index (κ1) is 30.9. The Morgan fingerprint density at radius 2 is 0.765 bits per heavy atom. The van der Waals surface area contributed by atoms with Crippen molar-refractivity contribution in [2.45, 2.75) is 13.1 Å². The van der Waals surface area contributed by atoms with Crippen molar-refractivity contribution in [3.8, 4) is 78.3 Å². The van der Waals surface area contributed by atoms with Gasteiger partial charge in [-0.05, 0) is 73.5 Å². The Morgan fingerprint density at radius 3 is 1.35 bits per heavy atom. The lowest BCUT2D eigenvalue weighted by Crippen LogP contribution is -2.50. The van der Waals surface area contributed by atoms with Gasteiger partial charge >= 0.3 is 0 Å². The molecular formula is C48H36N2Si. The van der Waals surface area contributed by atoms with E-state index < -0.39 is 8.07 Å².